The van der Waals surface area contributed by atoms with Gasteiger partial charge in [0.25, 0.3) is 0 Å². The maximum Gasteiger partial charge on any atom is 0.351 e. The van der Waals surface area contributed by atoms with E-state index in [0.29, 0.717) is 6.61 Å². The lowest BCUT2D eigenvalue weighted by atomic mass is 10.2. The van der Waals surface area contributed by atoms with E-state index in [9.17, 15) is 4.79 Å². The van der Waals surface area contributed by atoms with Crippen LogP contribution in [0, 0.1) is 0 Å². The lowest BCUT2D eigenvalue weighted by Crippen LogP contribution is -2.37. The monoisotopic (exact) mass is 310 g/mol. The van der Waals surface area contributed by atoms with Gasteiger partial charge in [0.05, 0.1) is 19.3 Å². The lowest BCUT2D eigenvalue weighted by molar-refractivity contribution is -0.159. The summed E-state index contributed by atoms with van der Waals surface area (Å²) in [7, 11) is 0. The summed E-state index contributed by atoms with van der Waals surface area (Å²) in [4.78, 5) is 18.0. The van der Waals surface area contributed by atoms with Crippen molar-refractivity contribution in [3.05, 3.63) is 33.2 Å². The molecule has 1 aliphatic heterocycles. The average Bonchev–Trinajstić information content (AvgIpc) is 2.81. The van der Waals surface area contributed by atoms with Crippen LogP contribution in [0.1, 0.15) is 13.8 Å². The van der Waals surface area contributed by atoms with Crippen LogP contribution in [0.4, 0.5) is 5.82 Å². The number of rotatable bonds is 6. The molecule has 2 N–H and O–H groups in total. The molecular formula is C12H18N6O4. The number of azide groups is 1. The third kappa shape index (κ3) is 4.18. The highest BCUT2D eigenvalue weighted by Gasteiger charge is 2.37. The molecule has 0 spiro atoms. The molecule has 120 valence electrons. The van der Waals surface area contributed by atoms with Crippen molar-refractivity contribution < 1.29 is 14.2 Å². The summed E-state index contributed by atoms with van der Waals surface area (Å²) in [5, 5.41) is 3.51. The van der Waals surface area contributed by atoms with E-state index in [2.05, 4.69) is 15.0 Å². The van der Waals surface area contributed by atoms with E-state index in [1.807, 2.05) is 0 Å². The van der Waals surface area contributed by atoms with E-state index in [0.717, 1.165) is 0 Å². The molecule has 1 fully saturated rings. The number of hydrogen-bond acceptors (Lipinski definition) is 7. The van der Waals surface area contributed by atoms with Gasteiger partial charge in [0, 0.05) is 11.1 Å². The molecule has 10 heteroatoms. The Balaban J connectivity index is 2.03. The van der Waals surface area contributed by atoms with E-state index < -0.39 is 23.7 Å². The molecule has 2 heterocycles. The Bertz CT molecular complexity index is 624. The van der Waals surface area contributed by atoms with Crippen LogP contribution in [0.2, 0.25) is 0 Å². The Labute approximate surface area is 126 Å². The summed E-state index contributed by atoms with van der Waals surface area (Å²) in [6.07, 6.45) is 0.547. The number of hydrogen-bond donors (Lipinski definition) is 1. The molecule has 22 heavy (non-hydrogen) atoms. The van der Waals surface area contributed by atoms with Crippen LogP contribution in [-0.2, 0) is 20.9 Å². The van der Waals surface area contributed by atoms with E-state index >= 15 is 0 Å². The first-order chi connectivity index (χ1) is 10.4. The minimum absolute atomic E-state index is 0.0575. The molecule has 1 aromatic heterocycles. The van der Waals surface area contributed by atoms with E-state index in [1.54, 1.807) is 13.8 Å². The Morgan fingerprint density at radius 2 is 2.50 bits per heavy atom. The third-order valence-corrected chi connectivity index (χ3v) is 3.09. The van der Waals surface area contributed by atoms with Crippen molar-refractivity contribution in [3.63, 3.8) is 0 Å². The minimum Gasteiger partial charge on any atom is -0.383 e. The fourth-order valence-electron chi connectivity index (χ4n) is 2.01. The van der Waals surface area contributed by atoms with Gasteiger partial charge in [-0.3, -0.25) is 4.57 Å². The van der Waals surface area contributed by atoms with Gasteiger partial charge < -0.3 is 19.9 Å². The van der Waals surface area contributed by atoms with Gasteiger partial charge >= 0.3 is 5.69 Å². The predicted molar refractivity (Wildman–Crippen MR) is 76.7 cm³/mol. The van der Waals surface area contributed by atoms with Gasteiger partial charge in [0.15, 0.2) is 5.79 Å². The Morgan fingerprint density at radius 1 is 1.73 bits per heavy atom. The fourth-order valence-corrected chi connectivity index (χ4v) is 2.01. The van der Waals surface area contributed by atoms with Crippen LogP contribution < -0.4 is 11.4 Å². The molecule has 1 aromatic rings. The van der Waals surface area contributed by atoms with Crippen molar-refractivity contribution >= 4 is 5.82 Å². The molecular weight excluding hydrogens is 292 g/mol. The quantitative estimate of drug-likeness (QED) is 0.464. The van der Waals surface area contributed by atoms with Gasteiger partial charge in [0.2, 0.25) is 0 Å². The Hall–Kier alpha value is -2.13. The average molecular weight is 310 g/mol. The normalized spacial score (nSPS) is 21.3. The molecule has 0 saturated carbocycles. The third-order valence-electron chi connectivity index (χ3n) is 3.09. The highest BCUT2D eigenvalue weighted by molar-refractivity contribution is 5.23. The molecule has 2 rings (SSSR count). The SMILES string of the molecule is CC1(C)OCC([C@@H](CN=[N+]=[N-])OCn2ccc(N)nc2=O)O1. The van der Waals surface area contributed by atoms with Crippen LogP contribution in [0.15, 0.2) is 22.2 Å². The maximum absolute atomic E-state index is 11.6. The molecule has 0 amide bonds. The standard InChI is InChI=1S/C12H18N6O4/c1-12(2)21-6-9(22-12)8(5-15-17-14)20-7-18-4-3-10(13)16-11(18)19/h3-4,8-9H,5-7H2,1-2H3,(H2,13,16,19)/t8-,9?/m1/s1. The lowest BCUT2D eigenvalue weighted by Gasteiger charge is -2.23. The predicted octanol–water partition coefficient (Wildman–Crippen LogP) is 0.630. The van der Waals surface area contributed by atoms with E-state index in [-0.39, 0.29) is 19.1 Å². The first kappa shape index (κ1) is 16.2. The zero-order chi connectivity index (χ0) is 16.2. The maximum atomic E-state index is 11.6. The van der Waals surface area contributed by atoms with Gasteiger partial charge in [-0.05, 0) is 25.4 Å². The van der Waals surface area contributed by atoms with Crippen LogP contribution in [0.5, 0.6) is 0 Å². The summed E-state index contributed by atoms with van der Waals surface area (Å²) >= 11 is 0. The largest absolute Gasteiger partial charge is 0.383 e. The molecule has 1 saturated heterocycles. The van der Waals surface area contributed by atoms with Crippen LogP contribution >= 0.6 is 0 Å². The Morgan fingerprint density at radius 3 is 3.09 bits per heavy atom. The fraction of sp³-hybridized carbons (Fsp3) is 0.667. The number of anilines is 1. The smallest absolute Gasteiger partial charge is 0.351 e. The van der Waals surface area contributed by atoms with Crippen molar-refractivity contribution in [1.82, 2.24) is 9.55 Å². The van der Waals surface area contributed by atoms with E-state index in [4.69, 9.17) is 25.5 Å². The number of nitrogens with zero attached hydrogens (tertiary/aromatic N) is 5. The van der Waals surface area contributed by atoms with E-state index in [1.165, 1.54) is 16.8 Å². The second kappa shape index (κ2) is 6.75. The van der Waals surface area contributed by atoms with Gasteiger partial charge in [-0.15, -0.1) is 0 Å². The second-order valence-electron chi connectivity index (χ2n) is 5.22. The van der Waals surface area contributed by atoms with Gasteiger partial charge in [-0.25, -0.2) is 4.79 Å². The molecule has 0 aromatic carbocycles. The summed E-state index contributed by atoms with van der Waals surface area (Å²) < 4.78 is 18.1. The van der Waals surface area contributed by atoms with Crippen molar-refractivity contribution in [3.8, 4) is 0 Å². The van der Waals surface area contributed by atoms with Gasteiger partial charge in [0.1, 0.15) is 18.7 Å². The molecule has 0 bridgehead atoms. The first-order valence-electron chi connectivity index (χ1n) is 6.68. The summed E-state index contributed by atoms with van der Waals surface area (Å²) in [5.41, 5.74) is 13.4. The first-order valence-corrected chi connectivity index (χ1v) is 6.68. The van der Waals surface area contributed by atoms with Crippen molar-refractivity contribution in [2.75, 3.05) is 18.9 Å². The highest BCUT2D eigenvalue weighted by Crippen LogP contribution is 2.25. The number of ether oxygens (including phenoxy) is 3. The molecule has 1 aliphatic rings. The number of nitrogen functional groups attached to an aromatic ring is 1. The molecule has 0 radical (unpaired) electrons. The minimum atomic E-state index is -0.720. The Kier molecular flexibility index (Phi) is 4.99. The van der Waals surface area contributed by atoms with Crippen molar-refractivity contribution in [2.45, 2.75) is 38.6 Å². The summed E-state index contributed by atoms with van der Waals surface area (Å²) in [5.74, 6) is -0.580. The number of aromatic nitrogens is 2. The molecule has 0 aliphatic carbocycles. The zero-order valence-corrected chi connectivity index (χ0v) is 12.4. The van der Waals surface area contributed by atoms with Crippen LogP contribution in [0.3, 0.4) is 0 Å². The van der Waals surface area contributed by atoms with Crippen molar-refractivity contribution in [1.29, 1.82) is 0 Å². The van der Waals surface area contributed by atoms with Gasteiger partial charge in [-0.1, -0.05) is 5.11 Å². The second-order valence-corrected chi connectivity index (χ2v) is 5.22. The summed E-state index contributed by atoms with van der Waals surface area (Å²) in [6.45, 7) is 3.89. The molecule has 2 atom stereocenters. The number of nitrogens with two attached hydrogens (primary N) is 1. The molecule has 10 nitrogen and oxygen atoms in total. The van der Waals surface area contributed by atoms with Crippen molar-refractivity contribution in [2.24, 2.45) is 5.11 Å². The van der Waals surface area contributed by atoms with Crippen LogP contribution in [0.25, 0.3) is 10.4 Å². The van der Waals surface area contributed by atoms with Crippen LogP contribution in [-0.4, -0.2) is 40.7 Å². The topological polar surface area (TPSA) is 137 Å². The zero-order valence-electron chi connectivity index (χ0n) is 12.4. The summed E-state index contributed by atoms with van der Waals surface area (Å²) in [6, 6.07) is 1.49. The highest BCUT2D eigenvalue weighted by atomic mass is 16.7. The van der Waals surface area contributed by atoms with Gasteiger partial charge in [-0.2, -0.15) is 4.98 Å². The molecule has 1 unspecified atom stereocenters.